The molecule has 1 atom stereocenters. The highest BCUT2D eigenvalue weighted by Gasteiger charge is 2.00. The van der Waals surface area contributed by atoms with Gasteiger partial charge in [-0.15, -0.1) is 6.58 Å². The van der Waals surface area contributed by atoms with Crippen molar-refractivity contribution in [3.8, 4) is 0 Å². The van der Waals surface area contributed by atoms with Crippen LogP contribution < -0.4 is 5.73 Å². The molecule has 0 aliphatic rings. The fraction of sp³-hybridized carbons (Fsp3) is 0.600. The lowest BCUT2D eigenvalue weighted by Crippen LogP contribution is -2.31. The van der Waals surface area contributed by atoms with E-state index in [1.54, 1.807) is 0 Å². The fourth-order valence-electron chi connectivity index (χ4n) is 0.272. The van der Waals surface area contributed by atoms with E-state index in [-0.39, 0.29) is 0 Å². The van der Waals surface area contributed by atoms with E-state index in [0.29, 0.717) is 5.67 Å². The van der Waals surface area contributed by atoms with E-state index in [1.807, 2.05) is 6.08 Å². The van der Waals surface area contributed by atoms with Crippen LogP contribution in [-0.4, -0.2) is 14.5 Å². The van der Waals surface area contributed by atoms with Crippen molar-refractivity contribution >= 4 is 8.80 Å². The largest absolute Gasteiger partial charge is 0.327 e. The minimum absolute atomic E-state index is 0.306. The molecule has 2 N–H and O–H groups in total. The van der Waals surface area contributed by atoms with E-state index in [1.165, 1.54) is 0 Å². The summed E-state index contributed by atoms with van der Waals surface area (Å²) in [6.07, 6.45) is 1.83. The van der Waals surface area contributed by atoms with Crippen LogP contribution in [-0.2, 0) is 0 Å². The van der Waals surface area contributed by atoms with Crippen LogP contribution in [0, 0.1) is 0 Å². The van der Waals surface area contributed by atoms with Crippen molar-refractivity contribution in [2.75, 3.05) is 0 Å². The van der Waals surface area contributed by atoms with Gasteiger partial charge in [-0.2, -0.15) is 0 Å². The molecule has 0 rings (SSSR count). The van der Waals surface area contributed by atoms with Gasteiger partial charge in [0.2, 0.25) is 0 Å². The van der Waals surface area contributed by atoms with E-state index >= 15 is 0 Å². The third kappa shape index (κ3) is 2.59. The SMILES string of the molecule is C=CC(N)[SiH](C)C. The lowest BCUT2D eigenvalue weighted by molar-refractivity contribution is 1.11. The normalized spacial score (nSPS) is 14.3. The Labute approximate surface area is 46.8 Å². The summed E-state index contributed by atoms with van der Waals surface area (Å²) in [5.74, 6) is 0. The van der Waals surface area contributed by atoms with Crippen molar-refractivity contribution in [3.63, 3.8) is 0 Å². The Hall–Kier alpha value is -0.0831. The second-order valence-corrected chi connectivity index (χ2v) is 5.31. The van der Waals surface area contributed by atoms with E-state index in [9.17, 15) is 0 Å². The second-order valence-electron chi connectivity index (χ2n) is 2.06. The van der Waals surface area contributed by atoms with Crippen LogP contribution in [0.4, 0.5) is 0 Å². The lowest BCUT2D eigenvalue weighted by Gasteiger charge is -2.05. The quantitative estimate of drug-likeness (QED) is 0.412. The van der Waals surface area contributed by atoms with Crippen molar-refractivity contribution in [3.05, 3.63) is 12.7 Å². The third-order valence-electron chi connectivity index (χ3n) is 1.04. The van der Waals surface area contributed by atoms with Crippen molar-refractivity contribution in [2.45, 2.75) is 18.8 Å². The zero-order valence-electron chi connectivity index (χ0n) is 5.02. The van der Waals surface area contributed by atoms with Crippen LogP contribution in [0.2, 0.25) is 13.1 Å². The zero-order chi connectivity index (χ0) is 5.86. The number of hydrogen-bond acceptors (Lipinski definition) is 1. The lowest BCUT2D eigenvalue weighted by atomic mass is 10.6. The molecular weight excluding hydrogens is 102 g/mol. The topological polar surface area (TPSA) is 26.0 Å². The van der Waals surface area contributed by atoms with Crippen LogP contribution in [0.5, 0.6) is 0 Å². The third-order valence-corrected chi connectivity index (χ3v) is 2.85. The van der Waals surface area contributed by atoms with Crippen LogP contribution in [0.1, 0.15) is 0 Å². The summed E-state index contributed by atoms with van der Waals surface area (Å²) in [6.45, 7) is 8.02. The Bertz CT molecular complexity index is 61.1. The summed E-state index contributed by atoms with van der Waals surface area (Å²) in [4.78, 5) is 0. The van der Waals surface area contributed by atoms with Crippen LogP contribution >= 0.6 is 0 Å². The molecule has 0 amide bonds. The molecule has 0 aromatic rings. The van der Waals surface area contributed by atoms with Gasteiger partial charge >= 0.3 is 0 Å². The fourth-order valence-corrected chi connectivity index (χ4v) is 0.816. The maximum atomic E-state index is 5.56. The number of hydrogen-bond donors (Lipinski definition) is 1. The van der Waals surface area contributed by atoms with Crippen molar-refractivity contribution < 1.29 is 0 Å². The first kappa shape index (κ1) is 6.92. The minimum atomic E-state index is -0.605. The van der Waals surface area contributed by atoms with E-state index < -0.39 is 8.80 Å². The van der Waals surface area contributed by atoms with Gasteiger partial charge in [-0.05, 0) is 0 Å². The molecule has 0 heterocycles. The first-order valence-corrected chi connectivity index (χ1v) is 5.54. The van der Waals surface area contributed by atoms with Gasteiger partial charge in [0, 0.05) is 5.67 Å². The molecule has 1 nitrogen and oxygen atoms in total. The van der Waals surface area contributed by atoms with Gasteiger partial charge in [0.05, 0.1) is 8.80 Å². The molecule has 0 fully saturated rings. The van der Waals surface area contributed by atoms with Crippen LogP contribution in [0.15, 0.2) is 12.7 Å². The summed E-state index contributed by atoms with van der Waals surface area (Å²) >= 11 is 0. The molecule has 0 aliphatic carbocycles. The molecule has 0 saturated heterocycles. The van der Waals surface area contributed by atoms with E-state index in [4.69, 9.17) is 5.73 Å². The van der Waals surface area contributed by atoms with Gasteiger partial charge in [-0.1, -0.05) is 19.2 Å². The molecule has 0 aromatic carbocycles. The smallest absolute Gasteiger partial charge is 0.0551 e. The van der Waals surface area contributed by atoms with Gasteiger partial charge < -0.3 is 5.73 Å². The molecule has 2 heteroatoms. The molecule has 1 unspecified atom stereocenters. The standard InChI is InChI=1S/C5H13NSi/c1-4-5(6)7(2)3/h4-5,7H,1,6H2,2-3H3. The minimum Gasteiger partial charge on any atom is -0.327 e. The number of rotatable bonds is 2. The van der Waals surface area contributed by atoms with Crippen LogP contribution in [0.25, 0.3) is 0 Å². The monoisotopic (exact) mass is 115 g/mol. The molecule has 0 aromatic heterocycles. The summed E-state index contributed by atoms with van der Waals surface area (Å²) in [6, 6.07) is 0. The van der Waals surface area contributed by atoms with Gasteiger partial charge in [0.1, 0.15) is 0 Å². The maximum absolute atomic E-state index is 5.56. The molecule has 0 saturated carbocycles. The summed E-state index contributed by atoms with van der Waals surface area (Å²) in [5, 5.41) is 0. The van der Waals surface area contributed by atoms with Gasteiger partial charge in [0.15, 0.2) is 0 Å². The first-order valence-electron chi connectivity index (χ1n) is 2.56. The Morgan fingerprint density at radius 2 is 2.14 bits per heavy atom. The van der Waals surface area contributed by atoms with Gasteiger partial charge in [0.25, 0.3) is 0 Å². The first-order chi connectivity index (χ1) is 3.18. The average Bonchev–Trinajstić information content (AvgIpc) is 1.65. The molecule has 42 valence electrons. The summed E-state index contributed by atoms with van der Waals surface area (Å²) in [7, 11) is -0.605. The highest BCUT2D eigenvalue weighted by atomic mass is 28.3. The molecule has 0 radical (unpaired) electrons. The molecule has 0 bridgehead atoms. The van der Waals surface area contributed by atoms with Gasteiger partial charge in [-0.25, -0.2) is 0 Å². The molecule has 0 aliphatic heterocycles. The summed E-state index contributed by atoms with van der Waals surface area (Å²) < 4.78 is 0. The maximum Gasteiger partial charge on any atom is 0.0551 e. The predicted molar refractivity (Wildman–Crippen MR) is 37.0 cm³/mol. The molecule has 7 heavy (non-hydrogen) atoms. The van der Waals surface area contributed by atoms with E-state index in [0.717, 1.165) is 0 Å². The number of nitrogens with two attached hydrogens (primary N) is 1. The molecule has 0 spiro atoms. The Kier molecular flexibility index (Phi) is 2.95. The highest BCUT2D eigenvalue weighted by molar-refractivity contribution is 6.58. The zero-order valence-corrected chi connectivity index (χ0v) is 6.17. The Balaban J connectivity index is 3.33. The van der Waals surface area contributed by atoms with Crippen molar-refractivity contribution in [1.82, 2.24) is 0 Å². The van der Waals surface area contributed by atoms with Crippen molar-refractivity contribution in [1.29, 1.82) is 0 Å². The summed E-state index contributed by atoms with van der Waals surface area (Å²) in [5.41, 5.74) is 5.86. The average molecular weight is 115 g/mol. The van der Waals surface area contributed by atoms with Gasteiger partial charge in [-0.3, -0.25) is 0 Å². The van der Waals surface area contributed by atoms with Crippen LogP contribution in [0.3, 0.4) is 0 Å². The second kappa shape index (κ2) is 2.99. The Morgan fingerprint density at radius 3 is 2.14 bits per heavy atom. The predicted octanol–water partition coefficient (Wildman–Crippen LogP) is 0.526. The highest BCUT2D eigenvalue weighted by Crippen LogP contribution is 1.85. The van der Waals surface area contributed by atoms with E-state index in [2.05, 4.69) is 19.7 Å². The van der Waals surface area contributed by atoms with Crippen molar-refractivity contribution in [2.24, 2.45) is 5.73 Å². The molecular formula is C5H13NSi. The Morgan fingerprint density at radius 1 is 1.71 bits per heavy atom.